The number of hydrogen-bond donors (Lipinski definition) is 1. The van der Waals surface area contributed by atoms with Gasteiger partial charge < -0.3 is 0 Å². The van der Waals surface area contributed by atoms with E-state index in [1.807, 2.05) is 19.9 Å². The molecule has 0 spiro atoms. The van der Waals surface area contributed by atoms with Crippen LogP contribution in [0.4, 0.5) is 5.69 Å². The monoisotopic (exact) mass is 266 g/mol. The fourth-order valence-corrected chi connectivity index (χ4v) is 2.18. The molecule has 5 nitrogen and oxygen atoms in total. The van der Waals surface area contributed by atoms with E-state index in [1.165, 1.54) is 4.57 Å². The average molecular weight is 267 g/mol. The van der Waals surface area contributed by atoms with Crippen molar-refractivity contribution >= 4 is 34.0 Å². The minimum atomic E-state index is -0.0979. The summed E-state index contributed by atoms with van der Waals surface area (Å²) in [7, 11) is 3.43. The molecule has 0 saturated carbocycles. The second-order valence-corrected chi connectivity index (χ2v) is 4.80. The van der Waals surface area contributed by atoms with Crippen LogP contribution in [0.1, 0.15) is 13.8 Å². The van der Waals surface area contributed by atoms with E-state index in [9.17, 15) is 4.79 Å². The Balaban J connectivity index is 2.66. The number of imidazole rings is 1. The molecule has 2 aromatic rings. The number of benzene rings is 1. The van der Waals surface area contributed by atoms with E-state index in [1.54, 1.807) is 24.7 Å². The molecule has 2 rings (SSSR count). The molecule has 0 saturated heterocycles. The summed E-state index contributed by atoms with van der Waals surface area (Å²) in [5.41, 5.74) is 5.99. The molecule has 0 aliphatic rings. The van der Waals surface area contributed by atoms with E-state index in [4.69, 9.17) is 11.6 Å². The number of aryl methyl sites for hydroxylation is 2. The van der Waals surface area contributed by atoms with Crippen molar-refractivity contribution in [3.63, 3.8) is 0 Å². The molecule has 0 aliphatic heterocycles. The maximum atomic E-state index is 11.8. The summed E-state index contributed by atoms with van der Waals surface area (Å²) in [6.45, 7) is 3.79. The van der Waals surface area contributed by atoms with Crippen LogP contribution >= 0.6 is 11.6 Å². The maximum absolute atomic E-state index is 11.8. The molecule has 1 N–H and O–H groups in total. The number of aromatic nitrogens is 2. The molecule has 0 aliphatic carbocycles. The Hall–Kier alpha value is -1.75. The van der Waals surface area contributed by atoms with Crippen LogP contribution in [-0.4, -0.2) is 14.8 Å². The maximum Gasteiger partial charge on any atom is 0.328 e. The molecule has 0 unspecified atom stereocenters. The number of halogens is 1. The van der Waals surface area contributed by atoms with Crippen LogP contribution in [0.2, 0.25) is 5.02 Å². The normalized spacial score (nSPS) is 10.7. The first kappa shape index (κ1) is 12.7. The summed E-state index contributed by atoms with van der Waals surface area (Å²) in [5.74, 6) is 0. The average Bonchev–Trinajstić information content (AvgIpc) is 2.52. The lowest BCUT2D eigenvalue weighted by Crippen LogP contribution is -2.19. The van der Waals surface area contributed by atoms with Crippen molar-refractivity contribution in [1.29, 1.82) is 0 Å². The Labute approximate surface area is 110 Å². The van der Waals surface area contributed by atoms with Gasteiger partial charge in [-0.2, -0.15) is 5.10 Å². The molecule has 0 amide bonds. The molecule has 18 heavy (non-hydrogen) atoms. The highest BCUT2D eigenvalue weighted by Crippen LogP contribution is 2.26. The Morgan fingerprint density at radius 3 is 2.56 bits per heavy atom. The number of nitrogens with one attached hydrogen (secondary N) is 1. The zero-order chi connectivity index (χ0) is 13.4. The quantitative estimate of drug-likeness (QED) is 0.670. The van der Waals surface area contributed by atoms with Crippen molar-refractivity contribution in [1.82, 2.24) is 9.13 Å². The van der Waals surface area contributed by atoms with Crippen LogP contribution in [-0.2, 0) is 14.1 Å². The van der Waals surface area contributed by atoms with E-state index < -0.39 is 0 Å². The van der Waals surface area contributed by atoms with Crippen molar-refractivity contribution in [2.75, 3.05) is 5.43 Å². The number of nitrogens with zero attached hydrogens (tertiary/aromatic N) is 3. The van der Waals surface area contributed by atoms with Crippen LogP contribution in [0.25, 0.3) is 11.0 Å². The first-order chi connectivity index (χ1) is 8.41. The number of anilines is 1. The zero-order valence-corrected chi connectivity index (χ0v) is 11.5. The summed E-state index contributed by atoms with van der Waals surface area (Å²) in [5, 5.41) is 4.64. The lowest BCUT2D eigenvalue weighted by atomic mass is 10.2. The molecule has 0 fully saturated rings. The van der Waals surface area contributed by atoms with Gasteiger partial charge in [0.25, 0.3) is 0 Å². The Kier molecular flexibility index (Phi) is 3.17. The lowest BCUT2D eigenvalue weighted by Gasteiger charge is -2.04. The third-order valence-electron chi connectivity index (χ3n) is 2.72. The summed E-state index contributed by atoms with van der Waals surface area (Å²) < 4.78 is 3.10. The summed E-state index contributed by atoms with van der Waals surface area (Å²) >= 11 is 6.21. The van der Waals surface area contributed by atoms with Gasteiger partial charge in [-0.1, -0.05) is 11.6 Å². The molecule has 0 radical (unpaired) electrons. The van der Waals surface area contributed by atoms with Crippen LogP contribution in [0.3, 0.4) is 0 Å². The number of rotatable bonds is 2. The molecule has 96 valence electrons. The van der Waals surface area contributed by atoms with Crippen molar-refractivity contribution < 1.29 is 0 Å². The van der Waals surface area contributed by atoms with Crippen LogP contribution in [0, 0.1) is 0 Å². The Morgan fingerprint density at radius 1 is 1.28 bits per heavy atom. The van der Waals surface area contributed by atoms with Crippen molar-refractivity contribution in [3.8, 4) is 0 Å². The molecule has 1 aromatic heterocycles. The third-order valence-corrected chi connectivity index (χ3v) is 3.01. The van der Waals surface area contributed by atoms with E-state index in [0.29, 0.717) is 5.02 Å². The lowest BCUT2D eigenvalue weighted by molar-refractivity contribution is 0.795. The van der Waals surface area contributed by atoms with Crippen LogP contribution in [0.5, 0.6) is 0 Å². The molecule has 6 heteroatoms. The predicted molar refractivity (Wildman–Crippen MR) is 75.6 cm³/mol. The van der Waals surface area contributed by atoms with Gasteiger partial charge >= 0.3 is 5.69 Å². The predicted octanol–water partition coefficient (Wildman–Crippen LogP) is 2.34. The van der Waals surface area contributed by atoms with E-state index >= 15 is 0 Å². The fraction of sp³-hybridized carbons (Fsp3) is 0.333. The van der Waals surface area contributed by atoms with Crippen LogP contribution in [0.15, 0.2) is 22.0 Å². The van der Waals surface area contributed by atoms with E-state index in [2.05, 4.69) is 10.5 Å². The Morgan fingerprint density at radius 2 is 1.94 bits per heavy atom. The standard InChI is InChI=1S/C12H15ClN4O/c1-7(2)14-15-8-5-9(13)11-10(6-8)16(3)12(18)17(11)4/h5-6,15H,1-4H3. The molecular weight excluding hydrogens is 252 g/mol. The van der Waals surface area contributed by atoms with Gasteiger partial charge in [0, 0.05) is 19.8 Å². The largest absolute Gasteiger partial charge is 0.328 e. The topological polar surface area (TPSA) is 51.3 Å². The third kappa shape index (κ3) is 2.01. The van der Waals surface area contributed by atoms with E-state index in [-0.39, 0.29) is 5.69 Å². The fourth-order valence-electron chi connectivity index (χ4n) is 1.84. The summed E-state index contributed by atoms with van der Waals surface area (Å²) in [6, 6.07) is 3.62. The number of hydrogen-bond acceptors (Lipinski definition) is 3. The van der Waals surface area contributed by atoms with Crippen molar-refractivity contribution in [2.24, 2.45) is 19.2 Å². The van der Waals surface area contributed by atoms with Gasteiger partial charge in [-0.05, 0) is 26.0 Å². The highest BCUT2D eigenvalue weighted by atomic mass is 35.5. The SMILES string of the molecule is CC(C)=NNc1cc(Cl)c2c(c1)n(C)c(=O)n2C. The van der Waals surface area contributed by atoms with Crippen LogP contribution < -0.4 is 11.1 Å². The second kappa shape index (κ2) is 4.49. The summed E-state index contributed by atoms with van der Waals surface area (Å²) in [6.07, 6.45) is 0. The molecule has 0 bridgehead atoms. The first-order valence-corrected chi connectivity index (χ1v) is 5.91. The van der Waals surface area contributed by atoms with Crippen molar-refractivity contribution in [3.05, 3.63) is 27.6 Å². The summed E-state index contributed by atoms with van der Waals surface area (Å²) in [4.78, 5) is 11.8. The molecule has 1 aromatic carbocycles. The minimum absolute atomic E-state index is 0.0979. The molecular formula is C12H15ClN4O. The van der Waals surface area contributed by atoms with Crippen molar-refractivity contribution in [2.45, 2.75) is 13.8 Å². The molecule has 1 heterocycles. The highest BCUT2D eigenvalue weighted by Gasteiger charge is 2.12. The van der Waals surface area contributed by atoms with Gasteiger partial charge in [0.05, 0.1) is 21.7 Å². The minimum Gasteiger partial charge on any atom is -0.295 e. The smallest absolute Gasteiger partial charge is 0.295 e. The van der Waals surface area contributed by atoms with Gasteiger partial charge in [0.15, 0.2) is 0 Å². The van der Waals surface area contributed by atoms with Gasteiger partial charge in [0.1, 0.15) is 0 Å². The second-order valence-electron chi connectivity index (χ2n) is 4.40. The van der Waals surface area contributed by atoms with Gasteiger partial charge in [-0.3, -0.25) is 14.6 Å². The highest BCUT2D eigenvalue weighted by molar-refractivity contribution is 6.35. The van der Waals surface area contributed by atoms with Gasteiger partial charge in [0.2, 0.25) is 0 Å². The zero-order valence-electron chi connectivity index (χ0n) is 10.8. The molecule has 0 atom stereocenters. The van der Waals surface area contributed by atoms with Gasteiger partial charge in [-0.25, -0.2) is 4.79 Å². The first-order valence-electron chi connectivity index (χ1n) is 5.53. The van der Waals surface area contributed by atoms with E-state index in [0.717, 1.165) is 22.4 Å². The van der Waals surface area contributed by atoms with Gasteiger partial charge in [-0.15, -0.1) is 0 Å². The Bertz CT molecular complexity index is 692. The number of hydrazone groups is 1. The number of fused-ring (bicyclic) bond motifs is 1.